The summed E-state index contributed by atoms with van der Waals surface area (Å²) in [6.07, 6.45) is 1.69. The van der Waals surface area contributed by atoms with Gasteiger partial charge >= 0.3 is 0 Å². The van der Waals surface area contributed by atoms with Crippen LogP contribution < -0.4 is 0 Å². The van der Waals surface area contributed by atoms with Crippen molar-refractivity contribution in [2.45, 2.75) is 0 Å². The largest absolute Gasteiger partial charge is 0.748 e. The third-order valence-corrected chi connectivity index (χ3v) is 4.01. The van der Waals surface area contributed by atoms with E-state index in [2.05, 4.69) is 36.4 Å². The summed E-state index contributed by atoms with van der Waals surface area (Å²) < 4.78 is 5.42. The minimum absolute atomic E-state index is 0. The molecule has 0 radical (unpaired) electrons. The van der Waals surface area contributed by atoms with E-state index < -0.39 is 0 Å². The van der Waals surface area contributed by atoms with Crippen LogP contribution in [0.3, 0.4) is 0 Å². The van der Waals surface area contributed by atoms with Crippen molar-refractivity contribution in [3.8, 4) is 22.6 Å². The number of benzene rings is 1. The van der Waals surface area contributed by atoms with Crippen LogP contribution in [0.5, 0.6) is 0 Å². The summed E-state index contributed by atoms with van der Waals surface area (Å²) in [4.78, 5) is 4.71. The van der Waals surface area contributed by atoms with Gasteiger partial charge in [-0.1, -0.05) is 42.0 Å². The Balaban J connectivity index is 0.000000285. The molecule has 0 spiro atoms. The molecule has 5 aromatic rings. The van der Waals surface area contributed by atoms with E-state index in [0.29, 0.717) is 0 Å². The van der Waals surface area contributed by atoms with Crippen LogP contribution in [-0.4, -0.2) is 4.98 Å². The molecule has 0 bridgehead atoms. The van der Waals surface area contributed by atoms with Gasteiger partial charge < -0.3 is 34.7 Å². The van der Waals surface area contributed by atoms with Crippen LogP contribution in [0, 0.1) is 0 Å². The zero-order valence-electron chi connectivity index (χ0n) is 14.0. The smallest absolute Gasteiger partial charge is 0.0796 e. The summed E-state index contributed by atoms with van der Waals surface area (Å²) in [5, 5.41) is 1.16. The fourth-order valence-corrected chi connectivity index (χ4v) is 2.75. The Hall–Kier alpha value is -2.87. The van der Waals surface area contributed by atoms with Crippen LogP contribution in [0.4, 0.5) is 0 Å². The van der Waals surface area contributed by atoms with Gasteiger partial charge in [-0.15, -0.1) is 17.7 Å². The van der Waals surface area contributed by atoms with Gasteiger partial charge in [0.1, 0.15) is 0 Å². The molecule has 26 heavy (non-hydrogen) atoms. The number of hydrogen-bond acceptors (Lipinski definition) is 2. The van der Waals surface area contributed by atoms with E-state index in [0.717, 1.165) is 33.5 Å². The normalized spacial score (nSPS) is 10.0. The van der Waals surface area contributed by atoms with Gasteiger partial charge in [0.15, 0.2) is 0 Å². The average Bonchev–Trinajstić information content (AvgIpc) is 3.45. The summed E-state index contributed by atoms with van der Waals surface area (Å²) in [7, 11) is 0. The first-order chi connectivity index (χ1) is 12.4. The van der Waals surface area contributed by atoms with Crippen molar-refractivity contribution in [3.63, 3.8) is 0 Å². The number of fused-ring (bicyclic) bond motifs is 1. The van der Waals surface area contributed by atoms with Crippen LogP contribution in [0.25, 0.3) is 33.5 Å². The first-order valence-corrected chi connectivity index (χ1v) is 8.24. The van der Waals surface area contributed by atoms with Gasteiger partial charge in [-0.3, -0.25) is 4.98 Å². The maximum atomic E-state index is 5.42. The van der Waals surface area contributed by atoms with Gasteiger partial charge in [-0.2, -0.15) is 6.07 Å². The van der Waals surface area contributed by atoms with Gasteiger partial charge in [0.05, 0.1) is 17.5 Å². The van der Waals surface area contributed by atoms with Gasteiger partial charge in [-0.05, 0) is 12.1 Å². The topological polar surface area (TPSA) is 26.0 Å². The molecule has 0 fully saturated rings. The van der Waals surface area contributed by atoms with Crippen molar-refractivity contribution in [1.29, 1.82) is 0 Å². The monoisotopic (exact) mass is 379 g/mol. The second-order valence-electron chi connectivity index (χ2n) is 5.72. The summed E-state index contributed by atoms with van der Waals surface area (Å²) in [5.41, 5.74) is 4.20. The number of furan rings is 1. The first-order valence-electron chi connectivity index (χ1n) is 8.24. The van der Waals surface area contributed by atoms with E-state index in [1.54, 1.807) is 6.26 Å². The van der Waals surface area contributed by atoms with Crippen LogP contribution in [0.1, 0.15) is 0 Å². The SMILES string of the molecule is [Fe].[cH-]1[cH-][cH-][cH-][cH-]1.c1coc(-[c-]2ccc(-c3ccc4ccccc4n3)c2)c1. The van der Waals surface area contributed by atoms with Crippen molar-refractivity contribution in [2.75, 3.05) is 0 Å². The zero-order valence-corrected chi connectivity index (χ0v) is 15.1. The van der Waals surface area contributed by atoms with E-state index in [1.807, 2.05) is 60.7 Å². The van der Waals surface area contributed by atoms with Crippen LogP contribution in [0.15, 0.2) is 108 Å². The molecule has 2 aromatic heterocycles. The molecule has 0 amide bonds. The minimum atomic E-state index is 0. The van der Waals surface area contributed by atoms with Crippen molar-refractivity contribution >= 4 is 10.9 Å². The van der Waals surface area contributed by atoms with E-state index in [9.17, 15) is 0 Å². The Labute approximate surface area is 163 Å². The second-order valence-corrected chi connectivity index (χ2v) is 5.72. The molecule has 0 unspecified atom stereocenters. The van der Waals surface area contributed by atoms with Gasteiger partial charge in [0.2, 0.25) is 0 Å². The van der Waals surface area contributed by atoms with Crippen LogP contribution >= 0.6 is 0 Å². The predicted octanol–water partition coefficient (Wildman–Crippen LogP) is 6.28. The maximum Gasteiger partial charge on any atom is 0.0796 e. The Bertz CT molecular complexity index is 1030. The standard InChI is InChI=1S/C18H12NO.C5H5.Fe/c1-2-5-16-13(4-1)9-10-17(19-16)14-7-8-15(12-14)18-6-3-11-20-18;1-2-4-5-3-1;/h1-12H;1-5H;/q-1;-5;. The molecular weight excluding hydrogens is 362 g/mol. The molecule has 0 aliphatic heterocycles. The molecule has 2 heterocycles. The van der Waals surface area contributed by atoms with Crippen molar-refractivity contribution < 1.29 is 21.5 Å². The minimum Gasteiger partial charge on any atom is -0.748 e. The van der Waals surface area contributed by atoms with Crippen LogP contribution in [-0.2, 0) is 17.1 Å². The van der Waals surface area contributed by atoms with Crippen molar-refractivity contribution in [3.05, 3.63) is 103 Å². The molecule has 0 atom stereocenters. The molecule has 0 saturated carbocycles. The Morgan fingerprint density at radius 1 is 0.808 bits per heavy atom. The number of nitrogens with zero attached hydrogens (tertiary/aromatic N) is 1. The summed E-state index contributed by atoms with van der Waals surface area (Å²) in [5.74, 6) is 0.886. The number of rotatable bonds is 2. The molecule has 2 nitrogen and oxygen atoms in total. The third-order valence-electron chi connectivity index (χ3n) is 4.01. The van der Waals surface area contributed by atoms with E-state index >= 15 is 0 Å². The molecule has 5 rings (SSSR count). The van der Waals surface area contributed by atoms with Crippen LogP contribution in [0.2, 0.25) is 0 Å². The molecule has 3 aromatic carbocycles. The number of para-hydroxylation sites is 1. The van der Waals surface area contributed by atoms with Gasteiger partial charge in [0, 0.05) is 28.1 Å². The van der Waals surface area contributed by atoms with E-state index in [-0.39, 0.29) is 17.1 Å². The molecule has 134 valence electrons. The van der Waals surface area contributed by atoms with Gasteiger partial charge in [0.25, 0.3) is 0 Å². The van der Waals surface area contributed by atoms with Crippen molar-refractivity contribution in [2.24, 2.45) is 0 Å². The van der Waals surface area contributed by atoms with Crippen molar-refractivity contribution in [1.82, 2.24) is 4.98 Å². The van der Waals surface area contributed by atoms with E-state index in [4.69, 9.17) is 9.40 Å². The molecule has 0 aliphatic rings. The molecule has 0 aliphatic carbocycles. The fourth-order valence-electron chi connectivity index (χ4n) is 2.75. The molecule has 0 N–H and O–H groups in total. The molecule has 3 heteroatoms. The zero-order chi connectivity index (χ0) is 16.9. The summed E-state index contributed by atoms with van der Waals surface area (Å²) >= 11 is 0. The van der Waals surface area contributed by atoms with E-state index in [1.165, 1.54) is 0 Å². The Kier molecular flexibility index (Phi) is 5.85. The summed E-state index contributed by atoms with van der Waals surface area (Å²) in [6, 6.07) is 32.4. The average molecular weight is 379 g/mol. The Morgan fingerprint density at radius 2 is 1.58 bits per heavy atom. The predicted molar refractivity (Wildman–Crippen MR) is 103 cm³/mol. The fraction of sp³-hybridized carbons (Fsp3) is 0. The number of aromatic nitrogens is 1. The van der Waals surface area contributed by atoms with Gasteiger partial charge in [-0.25, -0.2) is 0 Å². The second kappa shape index (κ2) is 8.48. The molecule has 0 saturated heterocycles. The summed E-state index contributed by atoms with van der Waals surface area (Å²) in [6.45, 7) is 0. The Morgan fingerprint density at radius 3 is 2.31 bits per heavy atom. The molecular formula is C23H17FeNO-6. The third kappa shape index (κ3) is 4.02. The number of hydrogen-bond donors (Lipinski definition) is 0. The maximum absolute atomic E-state index is 5.42. The number of pyridine rings is 1. The quantitative estimate of drug-likeness (QED) is 0.266. The first kappa shape index (κ1) is 17.9.